The van der Waals surface area contributed by atoms with Crippen LogP contribution in [0.1, 0.15) is 91.3 Å². The Labute approximate surface area is 337 Å². The Hall–Kier alpha value is -6.82. The summed E-state index contributed by atoms with van der Waals surface area (Å²) in [6.07, 6.45) is -26.5. The van der Waals surface area contributed by atoms with Crippen LogP contribution in [-0.4, -0.2) is 87.4 Å². The van der Waals surface area contributed by atoms with Crippen LogP contribution in [0.4, 0.5) is 64.1 Å². The van der Waals surface area contributed by atoms with Crippen LogP contribution >= 0.6 is 0 Å². The van der Waals surface area contributed by atoms with E-state index in [1.807, 2.05) is 0 Å². The van der Waals surface area contributed by atoms with Gasteiger partial charge in [0.15, 0.2) is 17.3 Å². The number of carbonyl (C=O) groups excluding carboxylic acids is 4. The molecule has 0 fully saturated rings. The number of alkyl halides is 12. The van der Waals surface area contributed by atoms with Crippen LogP contribution in [-0.2, 0) is 11.2 Å². The summed E-state index contributed by atoms with van der Waals surface area (Å²) < 4.78 is 167. The molecule has 12 nitrogen and oxygen atoms in total. The monoisotopic (exact) mass is 896 g/mol. The molecule has 0 saturated heterocycles. The molecule has 0 aliphatic carbocycles. The molecule has 0 heterocycles. The van der Waals surface area contributed by atoms with Crippen molar-refractivity contribution >= 4 is 46.6 Å². The summed E-state index contributed by atoms with van der Waals surface area (Å²) in [5, 5.41) is 43.0. The van der Waals surface area contributed by atoms with Crippen LogP contribution in [0.2, 0.25) is 0 Å². The highest BCUT2D eigenvalue weighted by Gasteiger charge is 2.72. The van der Waals surface area contributed by atoms with Crippen LogP contribution in [0.5, 0.6) is 0 Å². The number of carboxylic acids is 2. The number of anilines is 2. The van der Waals surface area contributed by atoms with Crippen molar-refractivity contribution in [1.29, 1.82) is 0 Å². The third-order valence-electron chi connectivity index (χ3n) is 9.06. The Morgan fingerprint density at radius 1 is 0.468 bits per heavy atom. The molecule has 0 spiro atoms. The smallest absolute Gasteiger partial charge is 0.430 e. The van der Waals surface area contributed by atoms with Gasteiger partial charge in [-0.2, -0.15) is 52.7 Å². The average Bonchev–Trinajstić information content (AvgIpc) is 3.16. The summed E-state index contributed by atoms with van der Waals surface area (Å²) in [4.78, 5) is 76.4. The van der Waals surface area contributed by atoms with Gasteiger partial charge >= 0.3 is 36.6 Å². The average molecular weight is 897 g/mol. The predicted octanol–water partition coefficient (Wildman–Crippen LogP) is 7.67. The molecular weight excluding hydrogens is 872 g/mol. The normalized spacial score (nSPS) is 12.7. The summed E-state index contributed by atoms with van der Waals surface area (Å²) in [5.41, 5.74) is -25.0. The van der Waals surface area contributed by atoms with Gasteiger partial charge in [-0.3, -0.25) is 19.2 Å². The number of carboxylic acid groups (broad SMARTS) is 2. The Morgan fingerprint density at radius 2 is 0.823 bits per heavy atom. The number of aromatic carboxylic acids is 2. The van der Waals surface area contributed by atoms with Gasteiger partial charge in [-0.25, -0.2) is 9.59 Å². The Morgan fingerprint density at radius 3 is 1.19 bits per heavy atom. The topological polar surface area (TPSA) is 207 Å². The molecule has 0 unspecified atom stereocenters. The van der Waals surface area contributed by atoms with Crippen LogP contribution in [0.15, 0.2) is 72.8 Å². The molecule has 62 heavy (non-hydrogen) atoms. The van der Waals surface area contributed by atoms with Crippen molar-refractivity contribution in [1.82, 2.24) is 0 Å². The van der Waals surface area contributed by atoms with Gasteiger partial charge in [0.25, 0.3) is 17.1 Å². The van der Waals surface area contributed by atoms with Crippen LogP contribution in [0.25, 0.3) is 0 Å². The van der Waals surface area contributed by atoms with Crippen LogP contribution in [0.3, 0.4) is 0 Å². The number of benzene rings is 4. The number of aliphatic hydroxyl groups is 2. The van der Waals surface area contributed by atoms with Crippen molar-refractivity contribution in [3.8, 4) is 0 Å². The summed E-state index contributed by atoms with van der Waals surface area (Å²) in [6.45, 7) is 0.955. The predicted molar refractivity (Wildman–Crippen MR) is 186 cm³/mol. The third-order valence-corrected chi connectivity index (χ3v) is 9.06. The molecule has 0 saturated carbocycles. The standard InChI is InChI=1S/C38H24F12N2O10/c1-15(53)26-11-16(3-5-24(26)31(57)58)28(54)17-4-6-25(32(59)60)27(12-17)30(56)52-23-10-19(8-21(14-23)34(62,37(45,46)47)38(48,49)50)29(55)18-7-20(13-22(9-18)51-2)33(61,35(39,40)41)36(42,43)44/h3-14,51,61-62H,1-2H3,(H,52,56)(H,57,58)(H,59,60). The highest BCUT2D eigenvalue weighted by Crippen LogP contribution is 2.52. The molecule has 330 valence electrons. The van der Waals surface area contributed by atoms with Crippen molar-refractivity contribution in [2.24, 2.45) is 0 Å². The minimum atomic E-state index is -6.71. The molecular formula is C38H24F12N2O10. The quantitative estimate of drug-likeness (QED) is 0.0601. The second-order valence-electron chi connectivity index (χ2n) is 13.1. The van der Waals surface area contributed by atoms with Gasteiger partial charge in [0.2, 0.25) is 0 Å². The molecule has 0 aliphatic heterocycles. The van der Waals surface area contributed by atoms with Crippen molar-refractivity contribution in [3.05, 3.63) is 128 Å². The number of nitrogens with one attached hydrogen (secondary N) is 2. The van der Waals surface area contributed by atoms with E-state index >= 15 is 0 Å². The Bertz CT molecular complexity index is 2500. The van der Waals surface area contributed by atoms with E-state index in [2.05, 4.69) is 5.32 Å². The first-order valence-electron chi connectivity index (χ1n) is 16.6. The number of hydrogen-bond donors (Lipinski definition) is 6. The Balaban J connectivity index is 1.96. The molecule has 4 aromatic carbocycles. The number of amides is 1. The first-order chi connectivity index (χ1) is 28.2. The van der Waals surface area contributed by atoms with Crippen LogP contribution < -0.4 is 10.6 Å². The van der Waals surface area contributed by atoms with Gasteiger partial charge in [0.05, 0.1) is 16.7 Å². The molecule has 1 amide bonds. The number of ketones is 3. The molecule has 6 N–H and O–H groups in total. The summed E-state index contributed by atoms with van der Waals surface area (Å²) in [7, 11) is 0.890. The number of Topliss-reactive ketones (excluding diaryl/α,β-unsaturated/α-hetero) is 1. The van der Waals surface area contributed by atoms with Gasteiger partial charge < -0.3 is 31.1 Å². The largest absolute Gasteiger partial charge is 0.478 e. The highest BCUT2D eigenvalue weighted by molar-refractivity contribution is 6.16. The second-order valence-corrected chi connectivity index (χ2v) is 13.1. The van der Waals surface area contributed by atoms with E-state index in [1.54, 1.807) is 5.32 Å². The SMILES string of the molecule is CNc1cc(C(=O)c2cc(NC(=O)c3cc(C(=O)c4ccc(C(=O)O)c(C(C)=O)c4)ccc3C(=O)O)cc(C(O)(C(F)(F)F)C(F)(F)F)c2)cc(C(O)(C(F)(F)F)C(F)(F)F)c1. The van der Waals surface area contributed by atoms with E-state index in [-0.39, 0.29) is 30.3 Å². The zero-order chi connectivity index (χ0) is 47.3. The molecule has 0 atom stereocenters. The molecule has 0 aromatic heterocycles. The molecule has 0 radical (unpaired) electrons. The van der Waals surface area contributed by atoms with E-state index in [9.17, 15) is 102 Å². The summed E-state index contributed by atoms with van der Waals surface area (Å²) in [5.74, 6) is -9.14. The van der Waals surface area contributed by atoms with Crippen LogP contribution in [0, 0.1) is 0 Å². The second kappa shape index (κ2) is 16.2. The number of halogens is 12. The molecule has 24 heteroatoms. The number of hydrogen-bond acceptors (Lipinski definition) is 9. The summed E-state index contributed by atoms with van der Waals surface area (Å²) >= 11 is 0. The number of rotatable bonds is 12. The van der Waals surface area contributed by atoms with Crippen molar-refractivity contribution in [2.75, 3.05) is 17.7 Å². The summed E-state index contributed by atoms with van der Waals surface area (Å²) in [6, 6.07) is 4.66. The van der Waals surface area contributed by atoms with E-state index in [4.69, 9.17) is 0 Å². The zero-order valence-electron chi connectivity index (χ0n) is 30.7. The van der Waals surface area contributed by atoms with Gasteiger partial charge in [-0.1, -0.05) is 12.1 Å². The molecule has 0 aliphatic rings. The van der Waals surface area contributed by atoms with Gasteiger partial charge in [0.1, 0.15) is 0 Å². The van der Waals surface area contributed by atoms with E-state index in [0.717, 1.165) is 38.2 Å². The van der Waals surface area contributed by atoms with Gasteiger partial charge in [-0.05, 0) is 67.6 Å². The fourth-order valence-electron chi connectivity index (χ4n) is 5.88. The maximum atomic E-state index is 14.1. The lowest BCUT2D eigenvalue weighted by Gasteiger charge is -2.33. The molecule has 4 rings (SSSR count). The van der Waals surface area contributed by atoms with Gasteiger partial charge in [0, 0.05) is 57.4 Å². The fraction of sp³-hybridized carbons (Fsp3) is 0.211. The van der Waals surface area contributed by atoms with Crippen molar-refractivity contribution in [3.63, 3.8) is 0 Å². The van der Waals surface area contributed by atoms with Crippen molar-refractivity contribution in [2.45, 2.75) is 42.8 Å². The maximum absolute atomic E-state index is 14.1. The van der Waals surface area contributed by atoms with Crippen molar-refractivity contribution < 1.29 is 102 Å². The molecule has 0 bridgehead atoms. The lowest BCUT2D eigenvalue weighted by atomic mass is 9.87. The maximum Gasteiger partial charge on any atom is 0.430 e. The van der Waals surface area contributed by atoms with E-state index < -0.39 is 138 Å². The highest BCUT2D eigenvalue weighted by atomic mass is 19.4. The lowest BCUT2D eigenvalue weighted by molar-refractivity contribution is -0.376. The Kier molecular flexibility index (Phi) is 12.5. The minimum absolute atomic E-state index is 0.0676. The molecule has 4 aromatic rings. The van der Waals surface area contributed by atoms with Gasteiger partial charge in [-0.15, -0.1) is 0 Å². The zero-order valence-corrected chi connectivity index (χ0v) is 30.7. The first kappa shape index (κ1) is 47.9. The minimum Gasteiger partial charge on any atom is -0.478 e. The van der Waals surface area contributed by atoms with E-state index in [1.165, 1.54) is 0 Å². The lowest BCUT2D eigenvalue weighted by Crippen LogP contribution is -2.54. The number of carbonyl (C=O) groups is 6. The van der Waals surface area contributed by atoms with E-state index in [0.29, 0.717) is 18.2 Å². The fourth-order valence-corrected chi connectivity index (χ4v) is 5.88. The first-order valence-corrected chi connectivity index (χ1v) is 16.6. The third kappa shape index (κ3) is 8.68.